The highest BCUT2D eigenvalue weighted by Gasteiger charge is 2.36. The van der Waals surface area contributed by atoms with Crippen molar-refractivity contribution in [2.24, 2.45) is 0 Å². The normalized spacial score (nSPS) is 24.6. The van der Waals surface area contributed by atoms with Gasteiger partial charge in [0.25, 0.3) is 0 Å². The van der Waals surface area contributed by atoms with Crippen LogP contribution in [-0.4, -0.2) is 55.9 Å². The van der Waals surface area contributed by atoms with Crippen LogP contribution in [-0.2, 0) is 19.6 Å². The third kappa shape index (κ3) is 3.17. The Labute approximate surface area is 144 Å². The molecule has 2 aliphatic heterocycles. The van der Waals surface area contributed by atoms with Gasteiger partial charge in [0.15, 0.2) is 5.82 Å². The topological polar surface area (TPSA) is 57.4 Å². The van der Waals surface area contributed by atoms with Crippen molar-refractivity contribution in [3.8, 4) is 0 Å². The second kappa shape index (κ2) is 6.44. The van der Waals surface area contributed by atoms with Gasteiger partial charge in [0, 0.05) is 37.8 Å². The van der Waals surface area contributed by atoms with Gasteiger partial charge in [-0.3, -0.25) is 9.80 Å². The molecule has 0 unspecified atom stereocenters. The van der Waals surface area contributed by atoms with E-state index in [4.69, 9.17) is 0 Å². The highest BCUT2D eigenvalue weighted by molar-refractivity contribution is 5.19. The molecule has 0 aliphatic carbocycles. The van der Waals surface area contributed by atoms with Gasteiger partial charge in [-0.1, -0.05) is 6.07 Å². The minimum Gasteiger partial charge on any atom is -0.392 e. The number of benzene rings is 1. The monoisotopic (exact) mass is 349 g/mol. The highest BCUT2D eigenvalue weighted by Crippen LogP contribution is 2.33. The van der Waals surface area contributed by atoms with E-state index in [2.05, 4.69) is 19.7 Å². The molecular weight excluding hydrogens is 328 g/mol. The molecule has 0 saturated carbocycles. The fraction of sp³-hybridized carbons (Fsp3) is 0.529. The molecule has 0 amide bonds. The third-order valence-electron chi connectivity index (χ3n) is 5.04. The van der Waals surface area contributed by atoms with E-state index in [-0.39, 0.29) is 6.04 Å². The van der Waals surface area contributed by atoms with E-state index >= 15 is 0 Å². The summed E-state index contributed by atoms with van der Waals surface area (Å²) in [5, 5.41) is 18.8. The number of nitrogens with zero attached hydrogens (tertiary/aromatic N) is 5. The van der Waals surface area contributed by atoms with E-state index in [0.29, 0.717) is 25.1 Å². The van der Waals surface area contributed by atoms with Gasteiger partial charge < -0.3 is 9.67 Å². The van der Waals surface area contributed by atoms with Gasteiger partial charge in [0.1, 0.15) is 17.5 Å². The Balaban J connectivity index is 1.60. The van der Waals surface area contributed by atoms with Gasteiger partial charge in [-0.15, -0.1) is 10.2 Å². The lowest BCUT2D eigenvalue weighted by Crippen LogP contribution is -2.33. The number of aliphatic hydroxyl groups is 1. The zero-order valence-corrected chi connectivity index (χ0v) is 14.1. The molecular formula is C17H21F2N5O. The minimum absolute atomic E-state index is 0.121. The first-order valence-corrected chi connectivity index (χ1v) is 8.48. The number of fused-ring (bicyclic) bond motifs is 1. The number of halogens is 2. The van der Waals surface area contributed by atoms with Crippen LogP contribution in [0.25, 0.3) is 0 Å². The molecule has 3 heterocycles. The average Bonchev–Trinajstić information content (AvgIpc) is 3.12. The van der Waals surface area contributed by atoms with Crippen molar-refractivity contribution in [2.75, 3.05) is 20.1 Å². The van der Waals surface area contributed by atoms with E-state index in [1.807, 2.05) is 11.9 Å². The van der Waals surface area contributed by atoms with E-state index in [9.17, 15) is 13.9 Å². The fourth-order valence-electron chi connectivity index (χ4n) is 3.74. The van der Waals surface area contributed by atoms with Crippen LogP contribution in [0, 0.1) is 11.6 Å². The van der Waals surface area contributed by atoms with Crippen molar-refractivity contribution in [1.82, 2.24) is 24.6 Å². The summed E-state index contributed by atoms with van der Waals surface area (Å²) < 4.78 is 29.3. The van der Waals surface area contributed by atoms with Crippen molar-refractivity contribution < 1.29 is 13.9 Å². The van der Waals surface area contributed by atoms with Crippen LogP contribution in [0.15, 0.2) is 18.2 Å². The number of hydrogen-bond acceptors (Lipinski definition) is 5. The fourth-order valence-corrected chi connectivity index (χ4v) is 3.74. The maximum absolute atomic E-state index is 14.0. The SMILES string of the molecule is CN1CCn2c(nnc2[C@@H]2C[C@H](O)CN2Cc2ccc(F)cc2F)C1. The molecule has 6 nitrogen and oxygen atoms in total. The van der Waals surface area contributed by atoms with Crippen molar-refractivity contribution in [3.63, 3.8) is 0 Å². The summed E-state index contributed by atoms with van der Waals surface area (Å²) in [5.74, 6) is 0.583. The zero-order chi connectivity index (χ0) is 17.6. The summed E-state index contributed by atoms with van der Waals surface area (Å²) in [7, 11) is 2.04. The van der Waals surface area contributed by atoms with E-state index in [0.717, 1.165) is 37.3 Å². The number of β-amino-alcohol motifs (C(OH)–C–C–N with tert-alkyl or cyclic N) is 1. The van der Waals surface area contributed by atoms with Crippen LogP contribution >= 0.6 is 0 Å². The van der Waals surface area contributed by atoms with Gasteiger partial charge in [-0.2, -0.15) is 0 Å². The second-order valence-electron chi connectivity index (χ2n) is 6.93. The van der Waals surface area contributed by atoms with Gasteiger partial charge in [-0.25, -0.2) is 8.78 Å². The van der Waals surface area contributed by atoms with Gasteiger partial charge in [-0.05, 0) is 19.5 Å². The molecule has 4 rings (SSSR count). The molecule has 0 bridgehead atoms. The first-order valence-electron chi connectivity index (χ1n) is 8.48. The molecule has 8 heteroatoms. The van der Waals surface area contributed by atoms with Crippen LogP contribution in [0.2, 0.25) is 0 Å². The Morgan fingerprint density at radius 1 is 1.24 bits per heavy atom. The maximum atomic E-state index is 14.0. The minimum atomic E-state index is -0.588. The van der Waals surface area contributed by atoms with Crippen LogP contribution < -0.4 is 0 Å². The van der Waals surface area contributed by atoms with Crippen LogP contribution in [0.3, 0.4) is 0 Å². The largest absolute Gasteiger partial charge is 0.392 e. The summed E-state index contributed by atoms with van der Waals surface area (Å²) >= 11 is 0. The summed E-state index contributed by atoms with van der Waals surface area (Å²) in [5.41, 5.74) is 0.415. The van der Waals surface area contributed by atoms with Gasteiger partial charge >= 0.3 is 0 Å². The van der Waals surface area contributed by atoms with E-state index in [1.54, 1.807) is 0 Å². The molecule has 1 fully saturated rings. The Morgan fingerprint density at radius 2 is 2.08 bits per heavy atom. The molecule has 1 saturated heterocycles. The smallest absolute Gasteiger partial charge is 0.150 e. The van der Waals surface area contributed by atoms with Crippen molar-refractivity contribution in [1.29, 1.82) is 0 Å². The van der Waals surface area contributed by atoms with E-state index < -0.39 is 17.7 Å². The predicted octanol–water partition coefficient (Wildman–Crippen LogP) is 1.31. The molecule has 2 atom stereocenters. The third-order valence-corrected chi connectivity index (χ3v) is 5.04. The molecule has 134 valence electrons. The Hall–Kier alpha value is -1.90. The molecule has 25 heavy (non-hydrogen) atoms. The molecule has 2 aliphatic rings. The summed E-state index contributed by atoms with van der Waals surface area (Å²) in [4.78, 5) is 4.18. The van der Waals surface area contributed by atoms with Gasteiger partial charge in [0.05, 0.1) is 18.7 Å². The summed E-state index contributed by atoms with van der Waals surface area (Å²) in [6, 6.07) is 3.49. The van der Waals surface area contributed by atoms with Crippen LogP contribution in [0.1, 0.15) is 29.7 Å². The Morgan fingerprint density at radius 3 is 2.88 bits per heavy atom. The second-order valence-corrected chi connectivity index (χ2v) is 6.93. The summed E-state index contributed by atoms with van der Waals surface area (Å²) in [6.07, 6.45) is 0.0456. The molecule has 1 N–H and O–H groups in total. The highest BCUT2D eigenvalue weighted by atomic mass is 19.1. The lowest BCUT2D eigenvalue weighted by molar-refractivity contribution is 0.171. The van der Waals surface area contributed by atoms with Crippen molar-refractivity contribution in [2.45, 2.75) is 38.2 Å². The number of hydrogen-bond donors (Lipinski definition) is 1. The lowest BCUT2D eigenvalue weighted by atomic mass is 10.1. The molecule has 1 aromatic carbocycles. The van der Waals surface area contributed by atoms with Crippen molar-refractivity contribution >= 4 is 0 Å². The number of likely N-dealkylation sites (N-methyl/N-ethyl adjacent to an activating group) is 1. The molecule has 2 aromatic rings. The summed E-state index contributed by atoms with van der Waals surface area (Å²) in [6.45, 7) is 3.20. The first kappa shape index (κ1) is 16.6. The predicted molar refractivity (Wildman–Crippen MR) is 86.5 cm³/mol. The zero-order valence-electron chi connectivity index (χ0n) is 14.1. The lowest BCUT2D eigenvalue weighted by Gasteiger charge is -2.27. The average molecular weight is 349 g/mol. The number of likely N-dealkylation sites (tertiary alicyclic amines) is 1. The Bertz CT molecular complexity index is 780. The molecule has 0 spiro atoms. The number of aromatic nitrogens is 3. The van der Waals surface area contributed by atoms with Gasteiger partial charge in [0.2, 0.25) is 0 Å². The van der Waals surface area contributed by atoms with E-state index in [1.165, 1.54) is 12.1 Å². The number of aliphatic hydroxyl groups excluding tert-OH is 1. The first-order chi connectivity index (χ1) is 12.0. The van der Waals surface area contributed by atoms with Crippen LogP contribution in [0.4, 0.5) is 8.78 Å². The Kier molecular flexibility index (Phi) is 4.26. The maximum Gasteiger partial charge on any atom is 0.150 e. The van der Waals surface area contributed by atoms with Crippen molar-refractivity contribution in [3.05, 3.63) is 47.0 Å². The quantitative estimate of drug-likeness (QED) is 0.906. The van der Waals surface area contributed by atoms with Crippen LogP contribution in [0.5, 0.6) is 0 Å². The standard InChI is InChI=1S/C17H21F2N5O/c1-22-4-5-24-16(10-22)20-21-17(24)15-7-13(25)9-23(15)8-11-2-3-12(18)6-14(11)19/h2-3,6,13,15,25H,4-5,7-10H2,1H3/t13-,15-/m0/s1. The molecule has 1 aromatic heterocycles. The number of rotatable bonds is 3. The molecule has 0 radical (unpaired) electrons.